The standard InChI is InChI=1S/C9H20N2O2S/c1-10-6-7-14(12,13)11(2)8-9-4-3-5-9/h9-10H,3-8H2,1-2H3. The third-order valence-corrected chi connectivity index (χ3v) is 4.64. The fraction of sp³-hybridized carbons (Fsp3) is 1.00. The van der Waals surface area contributed by atoms with E-state index < -0.39 is 10.0 Å². The van der Waals surface area contributed by atoms with Gasteiger partial charge in [0.15, 0.2) is 0 Å². The van der Waals surface area contributed by atoms with Crippen LogP contribution in [0.1, 0.15) is 19.3 Å². The van der Waals surface area contributed by atoms with Crippen molar-refractivity contribution in [3.8, 4) is 0 Å². The molecule has 14 heavy (non-hydrogen) atoms. The smallest absolute Gasteiger partial charge is 0.215 e. The largest absolute Gasteiger partial charge is 0.319 e. The van der Waals surface area contributed by atoms with Crippen molar-refractivity contribution < 1.29 is 8.42 Å². The summed E-state index contributed by atoms with van der Waals surface area (Å²) in [6, 6.07) is 0. The minimum absolute atomic E-state index is 0.201. The predicted octanol–water partition coefficient (Wildman–Crippen LogP) is 0.267. The Labute approximate surface area is 86.7 Å². The summed E-state index contributed by atoms with van der Waals surface area (Å²) >= 11 is 0. The van der Waals surface area contributed by atoms with Crippen molar-refractivity contribution in [1.29, 1.82) is 0 Å². The van der Waals surface area contributed by atoms with Crippen LogP contribution >= 0.6 is 0 Å². The molecule has 0 aromatic heterocycles. The van der Waals surface area contributed by atoms with Crippen LogP contribution in [0, 0.1) is 5.92 Å². The molecule has 0 saturated heterocycles. The van der Waals surface area contributed by atoms with Crippen molar-refractivity contribution in [2.24, 2.45) is 5.92 Å². The van der Waals surface area contributed by atoms with E-state index in [2.05, 4.69) is 5.32 Å². The predicted molar refractivity (Wildman–Crippen MR) is 57.7 cm³/mol. The molecule has 1 aliphatic carbocycles. The van der Waals surface area contributed by atoms with Crippen LogP contribution in [-0.4, -0.2) is 45.7 Å². The number of rotatable bonds is 6. The molecule has 0 radical (unpaired) electrons. The van der Waals surface area contributed by atoms with Crippen molar-refractivity contribution >= 4 is 10.0 Å². The average molecular weight is 220 g/mol. The van der Waals surface area contributed by atoms with Gasteiger partial charge in [0.1, 0.15) is 0 Å². The second kappa shape index (κ2) is 5.09. The number of hydrogen-bond donors (Lipinski definition) is 1. The van der Waals surface area contributed by atoms with Crippen LogP contribution in [-0.2, 0) is 10.0 Å². The molecule has 1 fully saturated rings. The molecule has 0 aromatic rings. The molecular formula is C9H20N2O2S. The van der Waals surface area contributed by atoms with E-state index in [4.69, 9.17) is 0 Å². The third kappa shape index (κ3) is 3.22. The minimum atomic E-state index is -3.02. The highest BCUT2D eigenvalue weighted by Gasteiger charge is 2.24. The summed E-state index contributed by atoms with van der Waals surface area (Å²) in [5.41, 5.74) is 0. The molecule has 1 saturated carbocycles. The minimum Gasteiger partial charge on any atom is -0.319 e. The Balaban J connectivity index is 2.36. The van der Waals surface area contributed by atoms with Gasteiger partial charge in [0, 0.05) is 20.1 Å². The van der Waals surface area contributed by atoms with Crippen molar-refractivity contribution in [2.45, 2.75) is 19.3 Å². The Morgan fingerprint density at radius 1 is 1.43 bits per heavy atom. The Kier molecular flexibility index (Phi) is 4.34. The van der Waals surface area contributed by atoms with Crippen LogP contribution in [0.5, 0.6) is 0 Å². The van der Waals surface area contributed by atoms with Crippen molar-refractivity contribution in [1.82, 2.24) is 9.62 Å². The first-order valence-electron chi connectivity index (χ1n) is 5.15. The highest BCUT2D eigenvalue weighted by atomic mass is 32.2. The summed E-state index contributed by atoms with van der Waals surface area (Å²) < 4.78 is 24.8. The highest BCUT2D eigenvalue weighted by molar-refractivity contribution is 7.89. The second-order valence-electron chi connectivity index (χ2n) is 4.00. The van der Waals surface area contributed by atoms with Gasteiger partial charge in [0.25, 0.3) is 0 Å². The quantitative estimate of drug-likeness (QED) is 0.699. The maximum absolute atomic E-state index is 11.7. The molecule has 1 N–H and O–H groups in total. The first kappa shape index (κ1) is 11.9. The lowest BCUT2D eigenvalue weighted by molar-refractivity contribution is 0.263. The van der Waals surface area contributed by atoms with E-state index in [0.717, 1.165) is 0 Å². The first-order valence-corrected chi connectivity index (χ1v) is 6.76. The Morgan fingerprint density at radius 2 is 2.07 bits per heavy atom. The van der Waals surface area contributed by atoms with Crippen LogP contribution < -0.4 is 5.32 Å². The van der Waals surface area contributed by atoms with Gasteiger partial charge in [-0.1, -0.05) is 6.42 Å². The Morgan fingerprint density at radius 3 is 2.50 bits per heavy atom. The van der Waals surface area contributed by atoms with E-state index in [1.165, 1.54) is 23.6 Å². The van der Waals surface area contributed by atoms with Gasteiger partial charge >= 0.3 is 0 Å². The molecule has 0 heterocycles. The van der Waals surface area contributed by atoms with Gasteiger partial charge < -0.3 is 5.32 Å². The SMILES string of the molecule is CNCCS(=O)(=O)N(C)CC1CCC1. The Hall–Kier alpha value is -0.130. The van der Waals surface area contributed by atoms with Crippen LogP contribution in [0.2, 0.25) is 0 Å². The summed E-state index contributed by atoms with van der Waals surface area (Å²) in [6.45, 7) is 1.23. The van der Waals surface area contributed by atoms with Gasteiger partial charge in [-0.15, -0.1) is 0 Å². The zero-order chi connectivity index (χ0) is 10.6. The van der Waals surface area contributed by atoms with E-state index in [-0.39, 0.29) is 5.75 Å². The van der Waals surface area contributed by atoms with Crippen LogP contribution in [0.25, 0.3) is 0 Å². The molecule has 0 aliphatic heterocycles. The van der Waals surface area contributed by atoms with Crippen LogP contribution in [0.3, 0.4) is 0 Å². The fourth-order valence-corrected chi connectivity index (χ4v) is 2.75. The topological polar surface area (TPSA) is 49.4 Å². The summed E-state index contributed by atoms with van der Waals surface area (Å²) in [7, 11) is 0.426. The summed E-state index contributed by atoms with van der Waals surface area (Å²) in [4.78, 5) is 0. The number of nitrogens with one attached hydrogen (secondary N) is 1. The molecule has 1 aliphatic rings. The number of nitrogens with zero attached hydrogens (tertiary/aromatic N) is 1. The van der Waals surface area contributed by atoms with Gasteiger partial charge in [-0.25, -0.2) is 12.7 Å². The molecule has 0 aromatic carbocycles. The van der Waals surface area contributed by atoms with Gasteiger partial charge in [-0.3, -0.25) is 0 Å². The summed E-state index contributed by atoms with van der Waals surface area (Å²) in [5, 5.41) is 2.85. The Bertz CT molecular complexity index is 260. The molecule has 0 bridgehead atoms. The van der Waals surface area contributed by atoms with Gasteiger partial charge in [0.2, 0.25) is 10.0 Å². The molecule has 5 heteroatoms. The lowest BCUT2D eigenvalue weighted by Gasteiger charge is -2.29. The van der Waals surface area contributed by atoms with E-state index >= 15 is 0 Å². The van der Waals surface area contributed by atoms with Crippen molar-refractivity contribution in [3.05, 3.63) is 0 Å². The maximum atomic E-state index is 11.7. The van der Waals surface area contributed by atoms with E-state index in [1.54, 1.807) is 14.1 Å². The van der Waals surface area contributed by atoms with Gasteiger partial charge in [0.05, 0.1) is 5.75 Å². The molecule has 84 valence electrons. The first-order chi connectivity index (χ1) is 6.56. The lowest BCUT2D eigenvalue weighted by atomic mass is 9.86. The van der Waals surface area contributed by atoms with Crippen LogP contribution in [0.15, 0.2) is 0 Å². The fourth-order valence-electron chi connectivity index (χ4n) is 1.54. The van der Waals surface area contributed by atoms with E-state index in [9.17, 15) is 8.42 Å². The van der Waals surface area contributed by atoms with Gasteiger partial charge in [-0.05, 0) is 25.8 Å². The molecule has 0 atom stereocenters. The molecule has 0 unspecified atom stereocenters. The molecular weight excluding hydrogens is 200 g/mol. The average Bonchev–Trinajstić information content (AvgIpc) is 2.07. The monoisotopic (exact) mass is 220 g/mol. The molecule has 4 nitrogen and oxygen atoms in total. The van der Waals surface area contributed by atoms with Crippen molar-refractivity contribution in [2.75, 3.05) is 32.9 Å². The molecule has 1 rings (SSSR count). The zero-order valence-corrected chi connectivity index (χ0v) is 9.81. The van der Waals surface area contributed by atoms with Crippen molar-refractivity contribution in [3.63, 3.8) is 0 Å². The van der Waals surface area contributed by atoms with Crippen LogP contribution in [0.4, 0.5) is 0 Å². The molecule has 0 spiro atoms. The third-order valence-electron chi connectivity index (χ3n) is 2.82. The second-order valence-corrected chi connectivity index (χ2v) is 6.19. The van der Waals surface area contributed by atoms with Gasteiger partial charge in [-0.2, -0.15) is 0 Å². The lowest BCUT2D eigenvalue weighted by Crippen LogP contribution is -2.37. The summed E-state index contributed by atoms with van der Waals surface area (Å²) in [5.74, 6) is 0.802. The zero-order valence-electron chi connectivity index (χ0n) is 8.99. The maximum Gasteiger partial charge on any atom is 0.215 e. The number of hydrogen-bond acceptors (Lipinski definition) is 3. The summed E-state index contributed by atoms with van der Waals surface area (Å²) in [6.07, 6.45) is 3.63. The normalized spacial score (nSPS) is 18.5. The molecule has 0 amide bonds. The highest BCUT2D eigenvalue weighted by Crippen LogP contribution is 2.27. The van der Waals surface area contributed by atoms with E-state index in [0.29, 0.717) is 19.0 Å². The number of sulfonamides is 1. The van der Waals surface area contributed by atoms with E-state index in [1.807, 2.05) is 0 Å².